The van der Waals surface area contributed by atoms with E-state index >= 15 is 0 Å². The maximum absolute atomic E-state index is 12.7. The van der Waals surface area contributed by atoms with Crippen LogP contribution in [0.5, 0.6) is 0 Å². The molecule has 172 valence electrons. The molecule has 0 fully saturated rings. The Morgan fingerprint density at radius 1 is 1.09 bits per heavy atom. The van der Waals surface area contributed by atoms with Crippen molar-refractivity contribution in [3.8, 4) is 0 Å². The van der Waals surface area contributed by atoms with Crippen LogP contribution in [-0.4, -0.2) is 46.1 Å². The lowest BCUT2D eigenvalue weighted by Gasteiger charge is -2.27. The summed E-state index contributed by atoms with van der Waals surface area (Å²) in [5.74, 6) is -0.401. The molecule has 2 amide bonds. The van der Waals surface area contributed by atoms with Crippen molar-refractivity contribution in [1.29, 1.82) is 0 Å². The molecule has 1 aliphatic carbocycles. The molecule has 4 N–H and O–H groups in total. The average Bonchev–Trinajstić information content (AvgIpc) is 3.02. The van der Waals surface area contributed by atoms with Crippen LogP contribution in [0.3, 0.4) is 0 Å². The summed E-state index contributed by atoms with van der Waals surface area (Å²) in [7, 11) is 0. The zero-order chi connectivity index (χ0) is 23.3. The molecule has 7 nitrogen and oxygen atoms in total. The minimum Gasteiger partial charge on any atom is -0.444 e. The van der Waals surface area contributed by atoms with Crippen molar-refractivity contribution in [2.75, 3.05) is 0 Å². The molecule has 0 radical (unpaired) electrons. The van der Waals surface area contributed by atoms with E-state index < -0.39 is 41.9 Å². The van der Waals surface area contributed by atoms with Crippen LogP contribution in [0.15, 0.2) is 54.6 Å². The maximum Gasteiger partial charge on any atom is 0.407 e. The number of aliphatic hydroxyl groups excluding tert-OH is 2. The zero-order valence-corrected chi connectivity index (χ0v) is 18.7. The number of carbonyl (C=O) groups excluding carboxylic acids is 2. The molecular weight excluding hydrogens is 408 g/mol. The van der Waals surface area contributed by atoms with Gasteiger partial charge in [-0.15, -0.1) is 0 Å². The van der Waals surface area contributed by atoms with Gasteiger partial charge in [-0.2, -0.15) is 0 Å². The summed E-state index contributed by atoms with van der Waals surface area (Å²) in [6.07, 6.45) is -1.93. The molecule has 0 saturated carbocycles. The van der Waals surface area contributed by atoms with Gasteiger partial charge in [-0.1, -0.05) is 54.6 Å². The van der Waals surface area contributed by atoms with Crippen LogP contribution >= 0.6 is 0 Å². The minimum atomic E-state index is -1.14. The van der Waals surface area contributed by atoms with Crippen molar-refractivity contribution in [1.82, 2.24) is 10.6 Å². The highest BCUT2D eigenvalue weighted by Gasteiger charge is 2.33. The van der Waals surface area contributed by atoms with Gasteiger partial charge in [0.2, 0.25) is 5.91 Å². The number of hydrogen-bond acceptors (Lipinski definition) is 5. The fourth-order valence-corrected chi connectivity index (χ4v) is 3.92. The molecule has 3 rings (SSSR count). The molecule has 0 saturated heterocycles. The van der Waals surface area contributed by atoms with Crippen LogP contribution in [0.1, 0.15) is 49.9 Å². The normalized spacial score (nSPS) is 19.5. The number of nitrogens with one attached hydrogen (secondary N) is 2. The molecule has 2 aromatic rings. The third kappa shape index (κ3) is 6.55. The maximum atomic E-state index is 12.7. The molecule has 1 aliphatic rings. The van der Waals surface area contributed by atoms with Crippen molar-refractivity contribution >= 4 is 12.0 Å². The van der Waals surface area contributed by atoms with E-state index in [1.54, 1.807) is 20.8 Å². The summed E-state index contributed by atoms with van der Waals surface area (Å²) >= 11 is 0. The monoisotopic (exact) mass is 440 g/mol. The van der Waals surface area contributed by atoms with Gasteiger partial charge in [0, 0.05) is 6.42 Å². The third-order valence-electron chi connectivity index (χ3n) is 5.38. The van der Waals surface area contributed by atoms with E-state index in [2.05, 4.69) is 10.6 Å². The Labute approximate surface area is 188 Å². The fourth-order valence-electron chi connectivity index (χ4n) is 3.92. The van der Waals surface area contributed by atoms with E-state index in [1.807, 2.05) is 54.6 Å². The number of ether oxygens (including phenoxy) is 1. The zero-order valence-electron chi connectivity index (χ0n) is 18.7. The van der Waals surface area contributed by atoms with E-state index in [0.29, 0.717) is 12.8 Å². The fraction of sp³-hybridized carbons (Fsp3) is 0.440. The second kappa shape index (κ2) is 10.1. The average molecular weight is 441 g/mol. The number of aliphatic hydroxyl groups is 2. The van der Waals surface area contributed by atoms with Gasteiger partial charge in [0.1, 0.15) is 5.60 Å². The lowest BCUT2D eigenvalue weighted by atomic mass is 9.98. The second-order valence-electron chi connectivity index (χ2n) is 9.23. The number of benzene rings is 2. The van der Waals surface area contributed by atoms with Gasteiger partial charge < -0.3 is 25.6 Å². The van der Waals surface area contributed by atoms with Crippen molar-refractivity contribution in [2.45, 2.75) is 69.9 Å². The lowest BCUT2D eigenvalue weighted by Crippen LogP contribution is -2.48. The number of fused-ring (bicyclic) bond motifs is 1. The Morgan fingerprint density at radius 2 is 1.75 bits per heavy atom. The number of rotatable bonds is 7. The van der Waals surface area contributed by atoms with Gasteiger partial charge in [-0.3, -0.25) is 4.79 Å². The summed E-state index contributed by atoms with van der Waals surface area (Å²) < 4.78 is 5.33. The highest BCUT2D eigenvalue weighted by molar-refractivity contribution is 5.77. The molecule has 0 aliphatic heterocycles. The molecule has 32 heavy (non-hydrogen) atoms. The summed E-state index contributed by atoms with van der Waals surface area (Å²) in [6.45, 7) is 5.27. The highest BCUT2D eigenvalue weighted by Crippen LogP contribution is 2.31. The number of hydrogen-bond donors (Lipinski definition) is 4. The minimum absolute atomic E-state index is 0.224. The van der Waals surface area contributed by atoms with E-state index in [4.69, 9.17) is 4.74 Å². The molecular formula is C25H32N2O5. The SMILES string of the molecule is CC(C)(C)OC(=O)N[C@@H](Cc1ccccc1)[C@@H](O)CC(=O)N[C@H]1c2ccccc2C[C@H]1O. The van der Waals surface area contributed by atoms with Crippen molar-refractivity contribution in [3.05, 3.63) is 71.3 Å². The van der Waals surface area contributed by atoms with E-state index in [-0.39, 0.29) is 6.42 Å². The van der Waals surface area contributed by atoms with Gasteiger partial charge in [0.05, 0.1) is 30.7 Å². The van der Waals surface area contributed by atoms with Crippen molar-refractivity contribution < 1.29 is 24.5 Å². The largest absolute Gasteiger partial charge is 0.444 e. The van der Waals surface area contributed by atoms with Crippen LogP contribution in [0.25, 0.3) is 0 Å². The first-order chi connectivity index (χ1) is 15.1. The first-order valence-corrected chi connectivity index (χ1v) is 10.9. The van der Waals surface area contributed by atoms with Crippen molar-refractivity contribution in [3.63, 3.8) is 0 Å². The molecule has 2 aromatic carbocycles. The molecule has 0 aromatic heterocycles. The number of amides is 2. The smallest absolute Gasteiger partial charge is 0.407 e. The Balaban J connectivity index is 1.66. The van der Waals surface area contributed by atoms with E-state index in [0.717, 1.165) is 16.7 Å². The van der Waals surface area contributed by atoms with Crippen LogP contribution in [0, 0.1) is 0 Å². The quantitative estimate of drug-likeness (QED) is 0.529. The molecule has 7 heteroatoms. The van der Waals surface area contributed by atoms with Crippen LogP contribution in [0.4, 0.5) is 4.79 Å². The number of alkyl carbamates (subject to hydrolysis) is 1. The van der Waals surface area contributed by atoms with Gasteiger partial charge in [-0.05, 0) is 43.9 Å². The summed E-state index contributed by atoms with van der Waals surface area (Å²) in [5.41, 5.74) is 2.11. The summed E-state index contributed by atoms with van der Waals surface area (Å²) in [5, 5.41) is 26.7. The topological polar surface area (TPSA) is 108 Å². The third-order valence-corrected chi connectivity index (χ3v) is 5.38. The van der Waals surface area contributed by atoms with Crippen LogP contribution in [0.2, 0.25) is 0 Å². The Bertz CT molecular complexity index is 925. The van der Waals surface area contributed by atoms with Gasteiger partial charge >= 0.3 is 6.09 Å². The Hall–Kier alpha value is -2.90. The molecule has 4 atom stereocenters. The predicted octanol–water partition coefficient (Wildman–Crippen LogP) is 2.65. The first kappa shape index (κ1) is 23.8. The number of carbonyl (C=O) groups is 2. The van der Waals surface area contributed by atoms with E-state index in [9.17, 15) is 19.8 Å². The molecule has 0 spiro atoms. The standard InChI is InChI=1S/C25H32N2O5/c1-25(2,3)32-24(31)26-19(13-16-9-5-4-6-10-16)20(28)15-22(30)27-23-18-12-8-7-11-17(18)14-21(23)29/h4-12,19-21,23,28-29H,13-15H2,1-3H3,(H,26,31)(H,27,30)/t19-,20-,21+,23-/m0/s1. The van der Waals surface area contributed by atoms with Gasteiger partial charge in [0.25, 0.3) is 0 Å². The Morgan fingerprint density at radius 3 is 2.44 bits per heavy atom. The second-order valence-corrected chi connectivity index (χ2v) is 9.23. The predicted molar refractivity (Wildman–Crippen MR) is 121 cm³/mol. The van der Waals surface area contributed by atoms with Gasteiger partial charge in [0.15, 0.2) is 0 Å². The van der Waals surface area contributed by atoms with E-state index in [1.165, 1.54) is 0 Å². The Kier molecular flexibility index (Phi) is 7.53. The lowest BCUT2D eigenvalue weighted by molar-refractivity contribution is -0.125. The highest BCUT2D eigenvalue weighted by atomic mass is 16.6. The van der Waals surface area contributed by atoms with Crippen molar-refractivity contribution in [2.24, 2.45) is 0 Å². The molecule has 0 bridgehead atoms. The van der Waals surface area contributed by atoms with Gasteiger partial charge in [-0.25, -0.2) is 4.79 Å². The molecule has 0 unspecified atom stereocenters. The first-order valence-electron chi connectivity index (χ1n) is 10.9. The summed E-state index contributed by atoms with van der Waals surface area (Å²) in [6, 6.07) is 15.8. The van der Waals surface area contributed by atoms with Crippen LogP contribution < -0.4 is 10.6 Å². The molecule has 0 heterocycles. The van der Waals surface area contributed by atoms with Crippen LogP contribution in [-0.2, 0) is 22.4 Å². The summed E-state index contributed by atoms with van der Waals surface area (Å²) in [4.78, 5) is 25.0.